The smallest absolute Gasteiger partial charge is 0.232 e. The topological polar surface area (TPSA) is 29.5 Å². The largest absolute Gasteiger partial charge is 0.452 e. The molecule has 1 aliphatic heterocycles. The molecule has 3 nitrogen and oxygen atoms in total. The van der Waals surface area contributed by atoms with Crippen LogP contribution in [0.3, 0.4) is 0 Å². The number of halogens is 2. The zero-order valence-electron chi connectivity index (χ0n) is 39.6. The Balaban J connectivity index is 1.20. The van der Waals surface area contributed by atoms with E-state index in [2.05, 4.69) is 200 Å². The number of fused-ring (bicyclic) bond motifs is 5. The van der Waals surface area contributed by atoms with Crippen molar-refractivity contribution in [3.05, 3.63) is 208 Å². The highest BCUT2D eigenvalue weighted by Gasteiger charge is 2.34. The predicted molar refractivity (Wildman–Crippen MR) is 278 cm³/mol. The van der Waals surface area contributed by atoms with Crippen LogP contribution in [0.15, 0.2) is 163 Å². The number of ether oxygens (including phenoxy) is 1. The summed E-state index contributed by atoms with van der Waals surface area (Å²) in [5.41, 5.74) is 17.9. The standard InChI is InChI=1S/C63H51F2NO2/c1-36-14-9-11-16-43(36)57-45-29-20-38(33-55-61(67)50-34-51(64)52(65)35-54(50)68-55)32-49(45)58(44-17-12-10-15-37(44)2)59-47-19-13-18-46-53(31-30-48(56(46)47)60(57)59)66(41-25-21-39(22-26-41)62(3,4)5)42-27-23-40(24-28-42)63(6,7)8/h9-35H,1-8H3/b55-33-. The maximum Gasteiger partial charge on any atom is 0.232 e. The third-order valence-electron chi connectivity index (χ3n) is 13.9. The molecule has 1 heterocycles. The van der Waals surface area contributed by atoms with Crippen molar-refractivity contribution < 1.29 is 18.3 Å². The van der Waals surface area contributed by atoms with Crippen molar-refractivity contribution >= 4 is 50.5 Å². The first-order valence-electron chi connectivity index (χ1n) is 23.3. The molecule has 11 rings (SSSR count). The lowest BCUT2D eigenvalue weighted by molar-refractivity contribution is 0.101. The molecule has 0 saturated carbocycles. The summed E-state index contributed by atoms with van der Waals surface area (Å²) in [6.07, 6.45) is 1.68. The number of hydrogen-bond donors (Lipinski definition) is 0. The molecular weight excluding hydrogens is 841 g/mol. The number of nitrogens with zero attached hydrogens (tertiary/aromatic N) is 1. The highest BCUT2D eigenvalue weighted by molar-refractivity contribution is 6.29. The molecule has 334 valence electrons. The molecule has 0 atom stereocenters. The molecule has 9 aromatic carbocycles. The van der Waals surface area contributed by atoms with Crippen molar-refractivity contribution in [2.45, 2.75) is 66.2 Å². The summed E-state index contributed by atoms with van der Waals surface area (Å²) >= 11 is 0. The number of carbonyl (C=O) groups is 1. The highest BCUT2D eigenvalue weighted by Crippen LogP contribution is 2.60. The van der Waals surface area contributed by atoms with Gasteiger partial charge in [-0.2, -0.15) is 0 Å². The predicted octanol–water partition coefficient (Wildman–Crippen LogP) is 17.6. The van der Waals surface area contributed by atoms with Crippen molar-refractivity contribution in [1.29, 1.82) is 0 Å². The molecule has 0 N–H and O–H groups in total. The Hall–Kier alpha value is -7.63. The molecule has 68 heavy (non-hydrogen) atoms. The van der Waals surface area contributed by atoms with Crippen molar-refractivity contribution in [2.24, 2.45) is 0 Å². The molecule has 0 spiro atoms. The summed E-state index contributed by atoms with van der Waals surface area (Å²) in [5.74, 6) is -2.63. The van der Waals surface area contributed by atoms with Gasteiger partial charge < -0.3 is 9.64 Å². The second-order valence-corrected chi connectivity index (χ2v) is 20.4. The molecule has 0 radical (unpaired) electrons. The molecule has 0 bridgehead atoms. The van der Waals surface area contributed by atoms with E-state index >= 15 is 0 Å². The zero-order chi connectivity index (χ0) is 47.4. The quantitative estimate of drug-likeness (QED) is 0.156. The number of rotatable bonds is 6. The van der Waals surface area contributed by atoms with Gasteiger partial charge in [-0.1, -0.05) is 151 Å². The fourth-order valence-corrected chi connectivity index (χ4v) is 10.4. The number of carbonyl (C=O) groups excluding carboxylic acids is 1. The van der Waals surface area contributed by atoms with Crippen molar-refractivity contribution in [3.8, 4) is 50.3 Å². The fourth-order valence-electron chi connectivity index (χ4n) is 10.4. The summed E-state index contributed by atoms with van der Waals surface area (Å²) in [6.45, 7) is 17.8. The second kappa shape index (κ2) is 15.7. The van der Waals surface area contributed by atoms with Crippen LogP contribution >= 0.6 is 0 Å². The van der Waals surface area contributed by atoms with Crippen LogP contribution in [0, 0.1) is 25.5 Å². The van der Waals surface area contributed by atoms with Crippen LogP contribution in [0.2, 0.25) is 0 Å². The van der Waals surface area contributed by atoms with Gasteiger partial charge in [-0.05, 0) is 162 Å². The molecule has 9 aromatic rings. The van der Waals surface area contributed by atoms with E-state index in [0.29, 0.717) is 0 Å². The maximum atomic E-state index is 14.3. The third kappa shape index (κ3) is 6.94. The number of hydrogen-bond acceptors (Lipinski definition) is 3. The van der Waals surface area contributed by atoms with E-state index in [4.69, 9.17) is 4.74 Å². The minimum absolute atomic E-state index is 0.00355. The van der Waals surface area contributed by atoms with Gasteiger partial charge in [-0.15, -0.1) is 0 Å². The normalized spacial score (nSPS) is 13.6. The van der Waals surface area contributed by atoms with Gasteiger partial charge >= 0.3 is 0 Å². The number of aryl methyl sites for hydroxylation is 2. The Kier molecular flexibility index (Phi) is 9.95. The van der Waals surface area contributed by atoms with Gasteiger partial charge in [-0.25, -0.2) is 8.78 Å². The number of Topliss-reactive ketones (excluding diaryl/α,β-unsaturated/α-hetero) is 1. The van der Waals surface area contributed by atoms with Gasteiger partial charge in [0.2, 0.25) is 5.78 Å². The summed E-state index contributed by atoms with van der Waals surface area (Å²) < 4.78 is 34.5. The van der Waals surface area contributed by atoms with E-state index in [0.717, 1.165) is 95.4 Å². The Morgan fingerprint density at radius 2 is 1.01 bits per heavy atom. The first kappa shape index (κ1) is 43.0. The van der Waals surface area contributed by atoms with E-state index in [-0.39, 0.29) is 27.9 Å². The van der Waals surface area contributed by atoms with Crippen LogP contribution in [0.4, 0.5) is 25.8 Å². The lowest BCUT2D eigenvalue weighted by atomic mass is 9.80. The average Bonchev–Trinajstić information content (AvgIpc) is 3.80. The number of anilines is 3. The Bertz CT molecular complexity index is 3550. The van der Waals surface area contributed by atoms with Crippen LogP contribution in [0.5, 0.6) is 5.75 Å². The molecule has 0 fully saturated rings. The Morgan fingerprint density at radius 1 is 0.485 bits per heavy atom. The molecule has 1 aliphatic carbocycles. The second-order valence-electron chi connectivity index (χ2n) is 20.4. The van der Waals surface area contributed by atoms with Gasteiger partial charge in [-0.3, -0.25) is 4.79 Å². The molecule has 0 unspecified atom stereocenters. The zero-order valence-corrected chi connectivity index (χ0v) is 39.6. The van der Waals surface area contributed by atoms with Crippen LogP contribution in [-0.2, 0) is 10.8 Å². The first-order valence-corrected chi connectivity index (χ1v) is 23.3. The first-order chi connectivity index (χ1) is 32.6. The average molecular weight is 892 g/mol. The lowest BCUT2D eigenvalue weighted by Crippen LogP contribution is -2.14. The summed E-state index contributed by atoms with van der Waals surface area (Å²) in [7, 11) is 0. The SMILES string of the molecule is Cc1ccccc1-c1c2c(c(-c3ccccc3C)c3cc(/C=C4\Oc5cc(F)c(F)cc5C4=O)ccc13)-c1cccc3c(N(c4ccc(C(C)(C)C)cc4)c4ccc(C(C)(C)C)cc4)ccc-2c13. The van der Waals surface area contributed by atoms with E-state index in [9.17, 15) is 13.6 Å². The van der Waals surface area contributed by atoms with Crippen LogP contribution in [0.25, 0.3) is 72.1 Å². The summed E-state index contributed by atoms with van der Waals surface area (Å²) in [5, 5.41) is 4.40. The molecule has 0 amide bonds. The number of allylic oxidation sites excluding steroid dienone is 1. The van der Waals surface area contributed by atoms with E-state index < -0.39 is 17.4 Å². The molecule has 0 aromatic heterocycles. The van der Waals surface area contributed by atoms with Crippen molar-refractivity contribution in [2.75, 3.05) is 4.90 Å². The van der Waals surface area contributed by atoms with Crippen LogP contribution in [0.1, 0.15) is 79.7 Å². The van der Waals surface area contributed by atoms with Gasteiger partial charge in [0.05, 0.1) is 11.3 Å². The molecule has 5 heteroatoms. The number of ketones is 1. The number of benzene rings is 9. The van der Waals surface area contributed by atoms with Crippen molar-refractivity contribution in [1.82, 2.24) is 0 Å². The monoisotopic (exact) mass is 891 g/mol. The summed E-state index contributed by atoms with van der Waals surface area (Å²) in [4.78, 5) is 16.0. The maximum absolute atomic E-state index is 14.3. The minimum Gasteiger partial charge on any atom is -0.452 e. The Morgan fingerprint density at radius 3 is 1.59 bits per heavy atom. The lowest BCUT2D eigenvalue weighted by Gasteiger charge is -2.29. The Labute approximate surface area is 397 Å². The molecule has 2 aliphatic rings. The van der Waals surface area contributed by atoms with Gasteiger partial charge in [0.15, 0.2) is 17.4 Å². The third-order valence-corrected chi connectivity index (χ3v) is 13.9. The fraction of sp³-hybridized carbons (Fsp3) is 0.159. The highest BCUT2D eigenvalue weighted by atomic mass is 19.2. The van der Waals surface area contributed by atoms with E-state index in [1.54, 1.807) is 6.08 Å². The van der Waals surface area contributed by atoms with Crippen LogP contribution < -0.4 is 9.64 Å². The van der Waals surface area contributed by atoms with Gasteiger partial charge in [0.1, 0.15) is 5.75 Å². The minimum atomic E-state index is -1.09. The van der Waals surface area contributed by atoms with Gasteiger partial charge in [0.25, 0.3) is 0 Å². The molecule has 0 saturated heterocycles. The van der Waals surface area contributed by atoms with E-state index in [1.165, 1.54) is 27.6 Å². The van der Waals surface area contributed by atoms with Gasteiger partial charge in [0, 0.05) is 22.8 Å². The van der Waals surface area contributed by atoms with E-state index in [1.807, 2.05) is 6.07 Å². The van der Waals surface area contributed by atoms with Crippen molar-refractivity contribution in [3.63, 3.8) is 0 Å². The summed E-state index contributed by atoms with van der Waals surface area (Å²) in [6, 6.07) is 54.6. The van der Waals surface area contributed by atoms with Crippen LogP contribution in [-0.4, -0.2) is 5.78 Å². The molecular formula is C63H51F2NO2.